The Hall–Kier alpha value is -1.51. The molecule has 1 fully saturated rings. The average molecular weight is 262 g/mol. The molecule has 94 valence electrons. The van der Waals surface area contributed by atoms with Crippen LogP contribution in [0.2, 0.25) is 0 Å². The Morgan fingerprint density at radius 2 is 2.17 bits per heavy atom. The molecule has 0 spiro atoms. The molecule has 0 aliphatic carbocycles. The van der Waals surface area contributed by atoms with Crippen molar-refractivity contribution in [2.75, 3.05) is 19.5 Å². The van der Waals surface area contributed by atoms with Crippen molar-refractivity contribution in [1.82, 2.24) is 5.32 Å². The number of nitriles is 1. The minimum Gasteiger partial charge on any atom is -0.377 e. The Morgan fingerprint density at radius 3 is 2.61 bits per heavy atom. The Bertz CT molecular complexity index is 475. The second-order valence-corrected chi connectivity index (χ2v) is 5.10. The van der Waals surface area contributed by atoms with E-state index in [1.165, 1.54) is 4.90 Å². The molecule has 1 saturated heterocycles. The number of rotatable bonds is 4. The van der Waals surface area contributed by atoms with Gasteiger partial charge in [0.2, 0.25) is 5.91 Å². The highest BCUT2D eigenvalue weighted by atomic mass is 32.2. The molecule has 0 unspecified atom stereocenters. The van der Waals surface area contributed by atoms with E-state index in [1.807, 2.05) is 36.6 Å². The van der Waals surface area contributed by atoms with Gasteiger partial charge in [-0.2, -0.15) is 5.26 Å². The molecule has 1 aliphatic heterocycles. The molecule has 0 atom stereocenters. The number of nitrogens with zero attached hydrogens (tertiary/aromatic N) is 1. The van der Waals surface area contributed by atoms with Crippen molar-refractivity contribution < 1.29 is 9.53 Å². The first-order valence-electron chi connectivity index (χ1n) is 5.60. The number of carbonyl (C=O) groups excluding carboxylic acids is 1. The fraction of sp³-hybridized carbons (Fsp3) is 0.385. The van der Waals surface area contributed by atoms with E-state index in [-0.39, 0.29) is 19.1 Å². The fourth-order valence-electron chi connectivity index (χ4n) is 1.65. The van der Waals surface area contributed by atoms with Gasteiger partial charge in [0.05, 0.1) is 19.3 Å². The molecule has 1 aliphatic rings. The van der Waals surface area contributed by atoms with Crippen LogP contribution < -0.4 is 5.32 Å². The number of hydrogen-bond donors (Lipinski definition) is 1. The molecule has 1 aromatic rings. The minimum absolute atomic E-state index is 0.195. The van der Waals surface area contributed by atoms with E-state index < -0.39 is 5.41 Å². The summed E-state index contributed by atoms with van der Waals surface area (Å²) in [4.78, 5) is 13.0. The summed E-state index contributed by atoms with van der Waals surface area (Å²) < 4.78 is 4.95. The molecule has 1 amide bonds. The topological polar surface area (TPSA) is 62.1 Å². The van der Waals surface area contributed by atoms with Crippen molar-refractivity contribution in [3.05, 3.63) is 29.8 Å². The van der Waals surface area contributed by atoms with E-state index in [9.17, 15) is 4.79 Å². The molecular weight excluding hydrogens is 248 g/mol. The summed E-state index contributed by atoms with van der Waals surface area (Å²) in [6, 6.07) is 10.0. The minimum atomic E-state index is -0.973. The molecular formula is C13H14N2O2S. The summed E-state index contributed by atoms with van der Waals surface area (Å²) in [5.41, 5.74) is 0.0497. The van der Waals surface area contributed by atoms with Crippen molar-refractivity contribution in [2.24, 2.45) is 5.41 Å². The van der Waals surface area contributed by atoms with Gasteiger partial charge >= 0.3 is 0 Å². The van der Waals surface area contributed by atoms with Gasteiger partial charge in [0.1, 0.15) is 0 Å². The Morgan fingerprint density at radius 1 is 1.50 bits per heavy atom. The van der Waals surface area contributed by atoms with E-state index in [2.05, 4.69) is 5.32 Å². The largest absolute Gasteiger partial charge is 0.377 e. The van der Waals surface area contributed by atoms with Gasteiger partial charge in [-0.1, -0.05) is 12.1 Å². The zero-order valence-corrected chi connectivity index (χ0v) is 10.9. The highest BCUT2D eigenvalue weighted by Gasteiger charge is 2.46. The van der Waals surface area contributed by atoms with Crippen LogP contribution in [0.4, 0.5) is 0 Å². The van der Waals surface area contributed by atoms with Gasteiger partial charge in [-0.3, -0.25) is 4.79 Å². The lowest BCUT2D eigenvalue weighted by molar-refractivity contribution is -0.150. The van der Waals surface area contributed by atoms with Crippen molar-refractivity contribution in [3.8, 4) is 6.07 Å². The highest BCUT2D eigenvalue weighted by Crippen LogP contribution is 2.26. The van der Waals surface area contributed by atoms with Crippen LogP contribution in [-0.4, -0.2) is 25.4 Å². The molecule has 1 aromatic carbocycles. The van der Waals surface area contributed by atoms with Gasteiger partial charge in [-0.25, -0.2) is 0 Å². The van der Waals surface area contributed by atoms with Gasteiger partial charge in [-0.05, 0) is 24.0 Å². The molecule has 5 heteroatoms. The van der Waals surface area contributed by atoms with Crippen LogP contribution >= 0.6 is 11.8 Å². The predicted octanol–water partition coefficient (Wildman–Crippen LogP) is 1.56. The summed E-state index contributed by atoms with van der Waals surface area (Å²) >= 11 is 1.68. The van der Waals surface area contributed by atoms with E-state index in [0.717, 1.165) is 5.56 Å². The Balaban J connectivity index is 1.91. The molecule has 18 heavy (non-hydrogen) atoms. The summed E-state index contributed by atoms with van der Waals surface area (Å²) in [6.45, 7) is 0.832. The lowest BCUT2D eigenvalue weighted by atomic mass is 9.87. The van der Waals surface area contributed by atoms with E-state index >= 15 is 0 Å². The first-order chi connectivity index (χ1) is 8.70. The van der Waals surface area contributed by atoms with Gasteiger partial charge in [0, 0.05) is 11.4 Å². The lowest BCUT2D eigenvalue weighted by Crippen LogP contribution is -2.52. The number of nitrogens with one attached hydrogen (secondary N) is 1. The molecule has 0 bridgehead atoms. The van der Waals surface area contributed by atoms with E-state index in [4.69, 9.17) is 10.00 Å². The molecule has 0 aromatic heterocycles. The van der Waals surface area contributed by atoms with Crippen LogP contribution in [0, 0.1) is 16.7 Å². The van der Waals surface area contributed by atoms with Crippen LogP contribution in [0.3, 0.4) is 0 Å². The van der Waals surface area contributed by atoms with Crippen LogP contribution in [0.25, 0.3) is 0 Å². The quantitative estimate of drug-likeness (QED) is 0.837. The smallest absolute Gasteiger partial charge is 0.245 e. The van der Waals surface area contributed by atoms with Crippen molar-refractivity contribution in [1.29, 1.82) is 5.26 Å². The normalized spacial score (nSPS) is 16.4. The van der Waals surface area contributed by atoms with E-state index in [0.29, 0.717) is 6.54 Å². The first kappa shape index (κ1) is 12.9. The second kappa shape index (κ2) is 5.42. The number of ether oxygens (including phenoxy) is 1. The second-order valence-electron chi connectivity index (χ2n) is 4.22. The molecule has 0 saturated carbocycles. The maximum atomic E-state index is 11.9. The third-order valence-corrected chi connectivity index (χ3v) is 3.70. The molecule has 0 radical (unpaired) electrons. The first-order valence-corrected chi connectivity index (χ1v) is 6.83. The van der Waals surface area contributed by atoms with Gasteiger partial charge in [-0.15, -0.1) is 11.8 Å². The van der Waals surface area contributed by atoms with Gasteiger partial charge < -0.3 is 10.1 Å². The monoisotopic (exact) mass is 262 g/mol. The van der Waals surface area contributed by atoms with Gasteiger partial charge in [0.25, 0.3) is 0 Å². The standard InChI is InChI=1S/C13H14N2O2S/c1-18-11-4-2-10(3-5-11)6-15-12(16)13(7-14)8-17-9-13/h2-5H,6,8-9H2,1H3,(H,15,16). The van der Waals surface area contributed by atoms with Gasteiger partial charge in [0.15, 0.2) is 5.41 Å². The Labute approximate surface area is 110 Å². The zero-order chi connectivity index (χ0) is 13.0. The summed E-state index contributed by atoms with van der Waals surface area (Å²) in [5.74, 6) is -0.245. The molecule has 2 rings (SSSR count). The Kier molecular flexibility index (Phi) is 3.90. The summed E-state index contributed by atoms with van der Waals surface area (Å²) in [6.07, 6.45) is 2.02. The number of benzene rings is 1. The fourth-order valence-corrected chi connectivity index (χ4v) is 2.06. The molecule has 1 N–H and O–H groups in total. The lowest BCUT2D eigenvalue weighted by Gasteiger charge is -2.33. The maximum Gasteiger partial charge on any atom is 0.245 e. The molecule has 4 nitrogen and oxygen atoms in total. The van der Waals surface area contributed by atoms with Crippen LogP contribution in [0.5, 0.6) is 0 Å². The SMILES string of the molecule is CSc1ccc(CNC(=O)C2(C#N)COC2)cc1. The predicted molar refractivity (Wildman–Crippen MR) is 68.9 cm³/mol. The van der Waals surface area contributed by atoms with Crippen molar-refractivity contribution >= 4 is 17.7 Å². The van der Waals surface area contributed by atoms with Crippen LogP contribution in [-0.2, 0) is 16.1 Å². The third-order valence-electron chi connectivity index (χ3n) is 2.96. The number of thioether (sulfide) groups is 1. The zero-order valence-electron chi connectivity index (χ0n) is 10.1. The number of carbonyl (C=O) groups is 1. The van der Waals surface area contributed by atoms with Crippen molar-refractivity contribution in [3.63, 3.8) is 0 Å². The average Bonchev–Trinajstić information content (AvgIpc) is 2.36. The highest BCUT2D eigenvalue weighted by molar-refractivity contribution is 7.98. The van der Waals surface area contributed by atoms with Crippen LogP contribution in [0.15, 0.2) is 29.2 Å². The van der Waals surface area contributed by atoms with Crippen molar-refractivity contribution in [2.45, 2.75) is 11.4 Å². The van der Waals surface area contributed by atoms with E-state index in [1.54, 1.807) is 11.8 Å². The molecule has 1 heterocycles. The summed E-state index contributed by atoms with van der Waals surface area (Å²) in [7, 11) is 0. The third kappa shape index (κ3) is 2.50. The summed E-state index contributed by atoms with van der Waals surface area (Å²) in [5, 5.41) is 11.8. The van der Waals surface area contributed by atoms with Crippen LogP contribution in [0.1, 0.15) is 5.56 Å². The number of hydrogen-bond acceptors (Lipinski definition) is 4. The number of amides is 1. The maximum absolute atomic E-state index is 11.9.